The van der Waals surface area contributed by atoms with Gasteiger partial charge in [0.05, 0.1) is 18.0 Å². The Kier molecular flexibility index (Phi) is 6.71. The number of nitrogens with zero attached hydrogens (tertiary/aromatic N) is 1. The molecule has 1 aliphatic rings. The maximum Gasteiger partial charge on any atom is 0.319 e. The molecule has 0 bridgehead atoms. The minimum Gasteiger partial charge on any atom is -0.480 e. The molecule has 0 unspecified atom stereocenters. The Bertz CT molecular complexity index is 975. The van der Waals surface area contributed by atoms with Gasteiger partial charge >= 0.3 is 5.97 Å². The lowest BCUT2D eigenvalue weighted by atomic mass is 10.1. The van der Waals surface area contributed by atoms with E-state index in [9.17, 15) is 14.3 Å². The number of hydrazine groups is 1. The van der Waals surface area contributed by atoms with Gasteiger partial charge < -0.3 is 9.84 Å². The minimum absolute atomic E-state index is 0.338. The van der Waals surface area contributed by atoms with Crippen molar-refractivity contribution in [1.29, 1.82) is 0 Å². The van der Waals surface area contributed by atoms with Crippen molar-refractivity contribution in [3.05, 3.63) is 63.7 Å². The average Bonchev–Trinajstić information content (AvgIpc) is 3.09. The van der Waals surface area contributed by atoms with Crippen molar-refractivity contribution in [2.75, 3.05) is 6.61 Å². The van der Waals surface area contributed by atoms with Crippen molar-refractivity contribution in [1.82, 2.24) is 15.8 Å². The molecule has 10 heteroatoms. The van der Waals surface area contributed by atoms with E-state index in [1.54, 1.807) is 38.1 Å². The van der Waals surface area contributed by atoms with Gasteiger partial charge in [0.1, 0.15) is 10.6 Å². The van der Waals surface area contributed by atoms with Gasteiger partial charge in [-0.25, -0.2) is 9.37 Å². The number of ether oxygens (including phenoxy) is 1. The SMILES string of the molecule is CC(C)(Sc1nc(CCOC2=CC=C(c3ccc(Cl)cc3F)NN2)cs1)C(=O)O. The van der Waals surface area contributed by atoms with E-state index < -0.39 is 16.5 Å². The number of nitrogens with one attached hydrogen (secondary N) is 2. The monoisotopic (exact) mass is 455 g/mol. The van der Waals surface area contributed by atoms with Crippen LogP contribution < -0.4 is 10.9 Å². The first-order valence-electron chi connectivity index (χ1n) is 8.63. The Hall–Kier alpha value is -2.23. The number of benzene rings is 1. The summed E-state index contributed by atoms with van der Waals surface area (Å²) in [6.45, 7) is 3.68. The molecule has 1 aromatic carbocycles. The van der Waals surface area contributed by atoms with Gasteiger partial charge in [-0.05, 0) is 38.1 Å². The van der Waals surface area contributed by atoms with Crippen molar-refractivity contribution in [2.45, 2.75) is 29.4 Å². The van der Waals surface area contributed by atoms with Crippen LogP contribution in [0.5, 0.6) is 0 Å². The third-order valence-corrected chi connectivity index (χ3v) is 6.35. The first-order chi connectivity index (χ1) is 13.7. The van der Waals surface area contributed by atoms with E-state index in [-0.39, 0.29) is 0 Å². The predicted octanol–water partition coefficient (Wildman–Crippen LogP) is 4.44. The smallest absolute Gasteiger partial charge is 0.319 e. The molecule has 0 radical (unpaired) electrons. The molecule has 29 heavy (non-hydrogen) atoms. The van der Waals surface area contributed by atoms with Crippen LogP contribution in [0.1, 0.15) is 25.1 Å². The molecule has 1 aliphatic heterocycles. The fraction of sp³-hybridized carbons (Fsp3) is 0.263. The van der Waals surface area contributed by atoms with E-state index in [0.717, 1.165) is 5.69 Å². The summed E-state index contributed by atoms with van der Waals surface area (Å²) in [7, 11) is 0. The summed E-state index contributed by atoms with van der Waals surface area (Å²) in [5.74, 6) is -0.796. The van der Waals surface area contributed by atoms with E-state index in [1.807, 2.05) is 5.38 Å². The zero-order chi connectivity index (χ0) is 21.0. The maximum atomic E-state index is 14.0. The molecule has 3 N–H and O–H groups in total. The van der Waals surface area contributed by atoms with Crippen LogP contribution in [0.3, 0.4) is 0 Å². The molecule has 6 nitrogen and oxygen atoms in total. The molecular formula is C19H19ClFN3O3S2. The third kappa shape index (κ3) is 5.65. The number of allylic oxidation sites excluding steroid dienone is 2. The number of aromatic nitrogens is 1. The normalized spacial score (nSPS) is 13.8. The fourth-order valence-corrected chi connectivity index (χ4v) is 4.68. The molecule has 0 amide bonds. The van der Waals surface area contributed by atoms with E-state index in [4.69, 9.17) is 16.3 Å². The number of aliphatic carboxylic acids is 1. The molecule has 0 atom stereocenters. The van der Waals surface area contributed by atoms with Crippen molar-refractivity contribution >= 4 is 46.4 Å². The molecule has 2 heterocycles. The summed E-state index contributed by atoms with van der Waals surface area (Å²) in [6.07, 6.45) is 3.99. The van der Waals surface area contributed by atoms with Crippen LogP contribution in [-0.4, -0.2) is 27.4 Å². The Morgan fingerprint density at radius 3 is 2.83 bits per heavy atom. The number of hydrogen-bond acceptors (Lipinski definition) is 7. The number of carboxylic acids is 1. The van der Waals surface area contributed by atoms with Gasteiger partial charge in [0.15, 0.2) is 4.34 Å². The van der Waals surface area contributed by atoms with Crippen LogP contribution >= 0.6 is 34.7 Å². The largest absolute Gasteiger partial charge is 0.480 e. The van der Waals surface area contributed by atoms with Crippen LogP contribution in [0.2, 0.25) is 5.02 Å². The topological polar surface area (TPSA) is 83.5 Å². The van der Waals surface area contributed by atoms with Gasteiger partial charge in [-0.2, -0.15) is 0 Å². The summed E-state index contributed by atoms with van der Waals surface area (Å²) in [6, 6.07) is 4.48. The Morgan fingerprint density at radius 1 is 1.38 bits per heavy atom. The molecule has 1 aromatic heterocycles. The number of thioether (sulfide) groups is 1. The van der Waals surface area contributed by atoms with Gasteiger partial charge in [0.25, 0.3) is 0 Å². The highest BCUT2D eigenvalue weighted by molar-refractivity contribution is 8.02. The highest BCUT2D eigenvalue weighted by atomic mass is 35.5. The maximum absolute atomic E-state index is 14.0. The highest BCUT2D eigenvalue weighted by Crippen LogP contribution is 2.34. The molecule has 0 aliphatic carbocycles. The zero-order valence-corrected chi connectivity index (χ0v) is 18.1. The van der Waals surface area contributed by atoms with Crippen molar-refractivity contribution < 1.29 is 19.0 Å². The predicted molar refractivity (Wildman–Crippen MR) is 113 cm³/mol. The Morgan fingerprint density at radius 2 is 2.17 bits per heavy atom. The summed E-state index contributed by atoms with van der Waals surface area (Å²) in [5, 5.41) is 11.4. The lowest BCUT2D eigenvalue weighted by molar-refractivity contribution is -0.138. The van der Waals surface area contributed by atoms with Gasteiger partial charge in [-0.1, -0.05) is 23.4 Å². The van der Waals surface area contributed by atoms with E-state index in [1.165, 1.54) is 29.2 Å². The quantitative estimate of drug-likeness (QED) is 0.507. The molecule has 2 aromatic rings. The van der Waals surface area contributed by atoms with Crippen LogP contribution in [0, 0.1) is 5.82 Å². The second kappa shape index (κ2) is 9.06. The van der Waals surface area contributed by atoms with Crippen LogP contribution in [0.25, 0.3) is 5.70 Å². The lowest BCUT2D eigenvalue weighted by Crippen LogP contribution is -2.33. The molecule has 0 saturated heterocycles. The summed E-state index contributed by atoms with van der Waals surface area (Å²) >= 11 is 8.41. The number of carbonyl (C=O) groups is 1. The van der Waals surface area contributed by atoms with Crippen molar-refractivity contribution in [3.63, 3.8) is 0 Å². The van der Waals surface area contributed by atoms with Crippen LogP contribution in [0.15, 0.2) is 46.0 Å². The standard InChI is InChI=1S/C19H19ClFN3O3S2/c1-19(2,17(25)26)29-18-22-12(10-28-18)7-8-27-16-6-5-15(23-24-16)13-4-3-11(20)9-14(13)21/h3-6,9-10,23-24H,7-8H2,1-2H3,(H,25,26). The lowest BCUT2D eigenvalue weighted by Gasteiger charge is -2.20. The van der Waals surface area contributed by atoms with Gasteiger partial charge in [-0.3, -0.25) is 15.6 Å². The molecule has 0 fully saturated rings. The second-order valence-corrected chi connectivity index (χ2v) is 9.77. The van der Waals surface area contributed by atoms with Crippen LogP contribution in [0.4, 0.5) is 4.39 Å². The Labute approximate surface area is 180 Å². The molecule has 154 valence electrons. The van der Waals surface area contributed by atoms with Gasteiger partial charge in [0.2, 0.25) is 5.88 Å². The minimum atomic E-state index is -0.929. The molecule has 3 rings (SSSR count). The summed E-state index contributed by atoms with van der Waals surface area (Å²) in [5.41, 5.74) is 7.57. The van der Waals surface area contributed by atoms with Crippen LogP contribution in [-0.2, 0) is 16.0 Å². The third-order valence-electron chi connectivity index (χ3n) is 3.95. The number of rotatable bonds is 8. The number of halogens is 2. The van der Waals surface area contributed by atoms with Crippen molar-refractivity contribution in [3.8, 4) is 0 Å². The van der Waals surface area contributed by atoms with Gasteiger partial charge in [0, 0.05) is 28.5 Å². The average molecular weight is 456 g/mol. The highest BCUT2D eigenvalue weighted by Gasteiger charge is 2.29. The summed E-state index contributed by atoms with van der Waals surface area (Å²) < 4.78 is 19.4. The summed E-state index contributed by atoms with van der Waals surface area (Å²) in [4.78, 5) is 15.7. The first kappa shape index (κ1) is 21.5. The number of hydrogen-bond donors (Lipinski definition) is 3. The fourth-order valence-electron chi connectivity index (χ4n) is 2.30. The number of carboxylic acid groups (broad SMARTS) is 1. The van der Waals surface area contributed by atoms with E-state index >= 15 is 0 Å². The molecule has 0 saturated carbocycles. The van der Waals surface area contributed by atoms with E-state index in [0.29, 0.717) is 39.5 Å². The first-order valence-corrected chi connectivity index (χ1v) is 10.7. The van der Waals surface area contributed by atoms with Crippen molar-refractivity contribution in [2.24, 2.45) is 0 Å². The second-order valence-electron chi connectivity index (χ2n) is 6.61. The molecular weight excluding hydrogens is 437 g/mol. The molecule has 0 spiro atoms. The Balaban J connectivity index is 1.52. The van der Waals surface area contributed by atoms with Gasteiger partial charge in [-0.15, -0.1) is 11.3 Å². The number of thiazole rings is 1. The van der Waals surface area contributed by atoms with E-state index in [2.05, 4.69) is 15.8 Å². The zero-order valence-electron chi connectivity index (χ0n) is 15.7.